The lowest BCUT2D eigenvalue weighted by molar-refractivity contribution is -0.108. The van der Waals surface area contributed by atoms with E-state index in [-0.39, 0.29) is 6.42 Å². The molecule has 1 N–H and O–H groups in total. The van der Waals surface area contributed by atoms with Crippen molar-refractivity contribution in [1.82, 2.24) is 15.1 Å². The molecule has 0 radical (unpaired) electrons. The van der Waals surface area contributed by atoms with Crippen LogP contribution in [0.15, 0.2) is 6.20 Å². The van der Waals surface area contributed by atoms with Crippen LogP contribution in [0.25, 0.3) is 0 Å². The van der Waals surface area contributed by atoms with E-state index in [1.54, 1.807) is 38.7 Å². The van der Waals surface area contributed by atoms with Crippen LogP contribution in [0.5, 0.6) is 0 Å². The van der Waals surface area contributed by atoms with Crippen molar-refractivity contribution < 1.29 is 14.3 Å². The third-order valence-corrected chi connectivity index (χ3v) is 2.45. The van der Waals surface area contributed by atoms with Gasteiger partial charge in [0.15, 0.2) is 0 Å². The van der Waals surface area contributed by atoms with Crippen molar-refractivity contribution >= 4 is 12.4 Å². The van der Waals surface area contributed by atoms with Crippen LogP contribution in [0.1, 0.15) is 44.5 Å². The summed E-state index contributed by atoms with van der Waals surface area (Å²) in [6, 6.07) is -0.416. The number of hydrogen-bond acceptors (Lipinski definition) is 4. The van der Waals surface area contributed by atoms with E-state index in [0.717, 1.165) is 17.5 Å². The Bertz CT molecular complexity index is 460. The monoisotopic (exact) mass is 267 g/mol. The Morgan fingerprint density at radius 2 is 2.21 bits per heavy atom. The molecule has 106 valence electrons. The molecule has 6 heteroatoms. The molecule has 0 aliphatic carbocycles. The molecule has 0 saturated carbocycles. The Balaban J connectivity index is 2.81. The molecule has 0 spiro atoms. The van der Waals surface area contributed by atoms with Gasteiger partial charge in [-0.05, 0) is 27.7 Å². The number of alkyl carbamates (subject to hydrolysis) is 1. The zero-order valence-corrected chi connectivity index (χ0v) is 12.1. The average molecular weight is 267 g/mol. The fourth-order valence-corrected chi connectivity index (χ4v) is 1.77. The lowest BCUT2D eigenvalue weighted by Crippen LogP contribution is -2.35. The van der Waals surface area contributed by atoms with Crippen molar-refractivity contribution in [1.29, 1.82) is 0 Å². The van der Waals surface area contributed by atoms with E-state index in [9.17, 15) is 9.59 Å². The SMILES string of the molecule is Cc1nn(C)cc1[C@@H](CC=O)NC(=O)OC(C)(C)C. The lowest BCUT2D eigenvalue weighted by atomic mass is 10.1. The topological polar surface area (TPSA) is 73.2 Å². The van der Waals surface area contributed by atoms with E-state index < -0.39 is 17.7 Å². The van der Waals surface area contributed by atoms with Gasteiger partial charge in [0.2, 0.25) is 0 Å². The smallest absolute Gasteiger partial charge is 0.408 e. The van der Waals surface area contributed by atoms with Gasteiger partial charge in [0.1, 0.15) is 11.9 Å². The molecule has 1 aromatic heterocycles. The number of rotatable bonds is 4. The molecule has 1 aromatic rings. The van der Waals surface area contributed by atoms with Crippen LogP contribution in [0.2, 0.25) is 0 Å². The molecule has 6 nitrogen and oxygen atoms in total. The van der Waals surface area contributed by atoms with Crippen molar-refractivity contribution in [2.24, 2.45) is 7.05 Å². The number of carbonyl (C=O) groups is 2. The Labute approximate surface area is 113 Å². The summed E-state index contributed by atoms with van der Waals surface area (Å²) in [7, 11) is 1.79. The van der Waals surface area contributed by atoms with Crippen LogP contribution < -0.4 is 5.32 Å². The number of aldehydes is 1. The van der Waals surface area contributed by atoms with Crippen LogP contribution in [-0.4, -0.2) is 27.8 Å². The minimum Gasteiger partial charge on any atom is -0.444 e. The number of aromatic nitrogens is 2. The maximum atomic E-state index is 11.8. The van der Waals surface area contributed by atoms with Gasteiger partial charge in [-0.3, -0.25) is 4.68 Å². The van der Waals surface area contributed by atoms with E-state index in [0.29, 0.717) is 0 Å². The minimum absolute atomic E-state index is 0.186. The summed E-state index contributed by atoms with van der Waals surface area (Å²) in [5.74, 6) is 0. The molecular formula is C13H21N3O3. The molecule has 0 aliphatic heterocycles. The quantitative estimate of drug-likeness (QED) is 0.845. The fraction of sp³-hybridized carbons (Fsp3) is 0.615. The minimum atomic E-state index is -0.570. The number of aryl methyl sites for hydroxylation is 2. The highest BCUT2D eigenvalue weighted by Crippen LogP contribution is 2.19. The van der Waals surface area contributed by atoms with Gasteiger partial charge >= 0.3 is 6.09 Å². The molecule has 1 amide bonds. The third-order valence-electron chi connectivity index (χ3n) is 2.45. The summed E-state index contributed by atoms with van der Waals surface area (Å²) in [6.45, 7) is 7.20. The van der Waals surface area contributed by atoms with Crippen molar-refractivity contribution in [3.63, 3.8) is 0 Å². The van der Waals surface area contributed by atoms with Gasteiger partial charge in [0, 0.05) is 25.2 Å². The first-order valence-electron chi connectivity index (χ1n) is 6.16. The van der Waals surface area contributed by atoms with Crippen molar-refractivity contribution in [3.8, 4) is 0 Å². The molecule has 1 rings (SSSR count). The predicted octanol–water partition coefficient (Wildman–Crippen LogP) is 1.88. The first kappa shape index (κ1) is 15.2. The lowest BCUT2D eigenvalue weighted by Gasteiger charge is -2.22. The number of ether oxygens (including phenoxy) is 1. The van der Waals surface area contributed by atoms with Crippen LogP contribution in [0.3, 0.4) is 0 Å². The standard InChI is InChI=1S/C13H21N3O3/c1-9-10(8-16(5)15-9)11(6-7-17)14-12(18)19-13(2,3)4/h7-8,11H,6H2,1-5H3,(H,14,18)/t11-/m1/s1. The van der Waals surface area contributed by atoms with Crippen LogP contribution in [0.4, 0.5) is 4.79 Å². The molecule has 0 fully saturated rings. The summed E-state index contributed by atoms with van der Waals surface area (Å²) in [4.78, 5) is 22.5. The highest BCUT2D eigenvalue weighted by Gasteiger charge is 2.22. The van der Waals surface area contributed by atoms with E-state index in [1.165, 1.54) is 0 Å². The number of carbonyl (C=O) groups excluding carboxylic acids is 2. The molecule has 1 heterocycles. The van der Waals surface area contributed by atoms with E-state index >= 15 is 0 Å². The zero-order chi connectivity index (χ0) is 14.6. The molecule has 1 atom stereocenters. The Hall–Kier alpha value is -1.85. The second-order valence-electron chi connectivity index (χ2n) is 5.44. The van der Waals surface area contributed by atoms with Gasteiger partial charge in [-0.1, -0.05) is 0 Å². The second kappa shape index (κ2) is 5.86. The summed E-state index contributed by atoms with van der Waals surface area (Å²) < 4.78 is 6.84. The van der Waals surface area contributed by atoms with Gasteiger partial charge < -0.3 is 14.8 Å². The van der Waals surface area contributed by atoms with Gasteiger partial charge in [-0.15, -0.1) is 0 Å². The van der Waals surface area contributed by atoms with E-state index in [4.69, 9.17) is 4.74 Å². The van der Waals surface area contributed by atoms with Crippen molar-refractivity contribution in [3.05, 3.63) is 17.5 Å². The van der Waals surface area contributed by atoms with Crippen molar-refractivity contribution in [2.75, 3.05) is 0 Å². The summed E-state index contributed by atoms with van der Waals surface area (Å²) in [5, 5.41) is 6.90. The Morgan fingerprint density at radius 1 is 1.58 bits per heavy atom. The number of hydrogen-bond donors (Lipinski definition) is 1. The van der Waals surface area contributed by atoms with Gasteiger partial charge in [-0.2, -0.15) is 5.10 Å². The van der Waals surface area contributed by atoms with Gasteiger partial charge in [0.05, 0.1) is 11.7 Å². The van der Waals surface area contributed by atoms with E-state index in [2.05, 4.69) is 10.4 Å². The molecular weight excluding hydrogens is 246 g/mol. The number of nitrogens with one attached hydrogen (secondary N) is 1. The molecule has 0 aliphatic rings. The van der Waals surface area contributed by atoms with E-state index in [1.807, 2.05) is 6.92 Å². The molecule has 0 unspecified atom stereocenters. The van der Waals surface area contributed by atoms with Gasteiger partial charge in [-0.25, -0.2) is 4.79 Å². The molecule has 0 saturated heterocycles. The molecule has 0 aromatic carbocycles. The van der Waals surface area contributed by atoms with Crippen molar-refractivity contribution in [2.45, 2.75) is 45.8 Å². The second-order valence-corrected chi connectivity index (χ2v) is 5.44. The van der Waals surface area contributed by atoms with Gasteiger partial charge in [0.25, 0.3) is 0 Å². The Kier molecular flexibility index (Phi) is 4.69. The first-order valence-corrected chi connectivity index (χ1v) is 6.16. The maximum absolute atomic E-state index is 11.8. The molecule has 0 bridgehead atoms. The number of nitrogens with zero attached hydrogens (tertiary/aromatic N) is 2. The summed E-state index contributed by atoms with van der Waals surface area (Å²) in [6.07, 6.45) is 2.21. The highest BCUT2D eigenvalue weighted by atomic mass is 16.6. The predicted molar refractivity (Wildman–Crippen MR) is 70.7 cm³/mol. The maximum Gasteiger partial charge on any atom is 0.408 e. The fourth-order valence-electron chi connectivity index (χ4n) is 1.77. The first-order chi connectivity index (χ1) is 8.73. The van der Waals surface area contributed by atoms with Crippen LogP contribution in [0, 0.1) is 6.92 Å². The van der Waals surface area contributed by atoms with Crippen LogP contribution >= 0.6 is 0 Å². The summed E-state index contributed by atoms with van der Waals surface area (Å²) in [5.41, 5.74) is 1.03. The average Bonchev–Trinajstić information content (AvgIpc) is 2.54. The number of amides is 1. The summed E-state index contributed by atoms with van der Waals surface area (Å²) >= 11 is 0. The third kappa shape index (κ3) is 4.73. The zero-order valence-electron chi connectivity index (χ0n) is 12.1. The highest BCUT2D eigenvalue weighted by molar-refractivity contribution is 5.69. The van der Waals surface area contributed by atoms with Crippen LogP contribution in [-0.2, 0) is 16.6 Å². The Morgan fingerprint density at radius 3 is 2.63 bits per heavy atom. The molecule has 19 heavy (non-hydrogen) atoms. The normalized spacial score (nSPS) is 12.9. The largest absolute Gasteiger partial charge is 0.444 e.